The fraction of sp³-hybridized carbons (Fsp3) is 0.700. The molecule has 104 valence electrons. The van der Waals surface area contributed by atoms with Crippen molar-refractivity contribution in [2.75, 3.05) is 14.2 Å². The van der Waals surface area contributed by atoms with Crippen LogP contribution in [0.2, 0.25) is 0 Å². The maximum atomic E-state index is 13.1. The van der Waals surface area contributed by atoms with E-state index in [-0.39, 0.29) is 0 Å². The number of alkyl halides is 3. The fourth-order valence-corrected chi connectivity index (χ4v) is 1.54. The van der Waals surface area contributed by atoms with Crippen LogP contribution < -0.4 is 0 Å². The molecule has 8 heteroatoms. The van der Waals surface area contributed by atoms with Crippen LogP contribution in [0.3, 0.4) is 0 Å². The molecule has 18 heavy (non-hydrogen) atoms. The average molecular weight is 270 g/mol. The monoisotopic (exact) mass is 270 g/mol. The Kier molecular flexibility index (Phi) is 4.89. The Morgan fingerprint density at radius 1 is 1.00 bits per heavy atom. The molecule has 0 aromatic heterocycles. The first-order valence-corrected chi connectivity index (χ1v) is 4.81. The molecule has 0 saturated heterocycles. The van der Waals surface area contributed by atoms with Crippen LogP contribution in [0.15, 0.2) is 0 Å². The Morgan fingerprint density at radius 2 is 1.33 bits per heavy atom. The van der Waals surface area contributed by atoms with Gasteiger partial charge < -0.3 is 9.47 Å². The molecule has 0 rings (SSSR count). The highest BCUT2D eigenvalue weighted by molar-refractivity contribution is 6.05. The zero-order valence-corrected chi connectivity index (χ0v) is 10.3. The number of hydrogen-bond acceptors (Lipinski definition) is 5. The average Bonchev–Trinajstić information content (AvgIpc) is 2.26. The number of ether oxygens (including phenoxy) is 2. The number of Topliss-reactive ketones (excluding diaryl/α,β-unsaturated/α-hetero) is 1. The quantitative estimate of drug-likeness (QED) is 0.565. The van der Waals surface area contributed by atoms with Gasteiger partial charge in [0.1, 0.15) is 5.78 Å². The van der Waals surface area contributed by atoms with Crippen molar-refractivity contribution in [1.82, 2.24) is 0 Å². The number of carbonyl (C=O) groups excluding carboxylic acids is 3. The second kappa shape index (κ2) is 5.36. The van der Waals surface area contributed by atoms with Gasteiger partial charge in [0.15, 0.2) is 0 Å². The van der Waals surface area contributed by atoms with E-state index in [2.05, 4.69) is 9.47 Å². The Bertz CT molecular complexity index is 345. The summed E-state index contributed by atoms with van der Waals surface area (Å²) in [5, 5.41) is 0. The largest absolute Gasteiger partial charge is 0.468 e. The van der Waals surface area contributed by atoms with E-state index < -0.39 is 35.2 Å². The Balaban J connectivity index is 6.13. The molecule has 1 unspecified atom stereocenters. The zero-order valence-electron chi connectivity index (χ0n) is 10.3. The number of hydrogen-bond donors (Lipinski definition) is 0. The third-order valence-corrected chi connectivity index (χ3v) is 2.72. The van der Waals surface area contributed by atoms with E-state index in [9.17, 15) is 27.6 Å². The van der Waals surface area contributed by atoms with Crippen LogP contribution in [0.25, 0.3) is 0 Å². The van der Waals surface area contributed by atoms with E-state index in [1.165, 1.54) is 0 Å². The van der Waals surface area contributed by atoms with Crippen LogP contribution in [-0.4, -0.2) is 38.1 Å². The van der Waals surface area contributed by atoms with E-state index in [0.717, 1.165) is 13.8 Å². The lowest BCUT2D eigenvalue weighted by Crippen LogP contribution is -2.58. The van der Waals surface area contributed by atoms with Crippen molar-refractivity contribution >= 4 is 17.7 Å². The molecule has 0 bridgehead atoms. The molecular formula is C10H13F3O5. The second-order valence-corrected chi connectivity index (χ2v) is 3.62. The predicted molar refractivity (Wildman–Crippen MR) is 52.4 cm³/mol. The molecule has 0 aliphatic rings. The minimum atomic E-state index is -5.31. The number of ketones is 1. The molecule has 1 atom stereocenters. The summed E-state index contributed by atoms with van der Waals surface area (Å²) in [6.07, 6.45) is -5.31. The van der Waals surface area contributed by atoms with Crippen molar-refractivity contribution in [3.8, 4) is 0 Å². The number of methoxy groups -OCH3 is 2. The van der Waals surface area contributed by atoms with Crippen molar-refractivity contribution in [3.63, 3.8) is 0 Å². The lowest BCUT2D eigenvalue weighted by Gasteiger charge is -2.33. The van der Waals surface area contributed by atoms with Gasteiger partial charge in [0.25, 0.3) is 5.41 Å². The van der Waals surface area contributed by atoms with Crippen LogP contribution >= 0.6 is 0 Å². The van der Waals surface area contributed by atoms with Gasteiger partial charge in [0.05, 0.1) is 20.1 Å². The first kappa shape index (κ1) is 16.4. The van der Waals surface area contributed by atoms with E-state index in [0.29, 0.717) is 14.2 Å². The first-order valence-electron chi connectivity index (χ1n) is 4.81. The highest BCUT2D eigenvalue weighted by atomic mass is 19.4. The highest BCUT2D eigenvalue weighted by Crippen LogP contribution is 2.46. The second-order valence-electron chi connectivity index (χ2n) is 3.62. The standard InChI is InChI=1S/C10H13F3O5/c1-5(6(2)14)9(7(15)17-3,8(16)18-4)10(11,12)13/h5H,1-4H3. The normalized spacial score (nSPS) is 13.7. The number of carbonyl (C=O) groups is 3. The Hall–Kier alpha value is -1.60. The van der Waals surface area contributed by atoms with Crippen molar-refractivity contribution in [3.05, 3.63) is 0 Å². The molecule has 0 saturated carbocycles. The molecule has 0 aromatic carbocycles. The summed E-state index contributed by atoms with van der Waals surface area (Å²) in [5.74, 6) is -6.67. The van der Waals surface area contributed by atoms with Crippen molar-refractivity contribution < 1.29 is 37.0 Å². The van der Waals surface area contributed by atoms with Crippen LogP contribution in [0.1, 0.15) is 13.8 Å². The molecule has 0 aliphatic heterocycles. The van der Waals surface area contributed by atoms with Gasteiger partial charge in [-0.15, -0.1) is 0 Å². The summed E-state index contributed by atoms with van der Waals surface area (Å²) in [6, 6.07) is 0. The molecule has 0 radical (unpaired) electrons. The Morgan fingerprint density at radius 3 is 1.50 bits per heavy atom. The minimum absolute atomic E-state index is 0.693. The van der Waals surface area contributed by atoms with Crippen molar-refractivity contribution in [2.24, 2.45) is 11.3 Å². The molecule has 0 aromatic rings. The molecule has 0 N–H and O–H groups in total. The number of rotatable bonds is 4. The predicted octanol–water partition coefficient (Wildman–Crippen LogP) is 1.11. The SMILES string of the molecule is COC(=O)C(C(=O)OC)(C(C)C(C)=O)C(F)(F)F. The Labute approximate surface area is 101 Å². The molecule has 0 heterocycles. The maximum absolute atomic E-state index is 13.1. The van der Waals surface area contributed by atoms with Gasteiger partial charge in [0.2, 0.25) is 0 Å². The van der Waals surface area contributed by atoms with Crippen LogP contribution in [0.4, 0.5) is 13.2 Å². The summed E-state index contributed by atoms with van der Waals surface area (Å²) in [7, 11) is 1.39. The van der Waals surface area contributed by atoms with Gasteiger partial charge in [-0.3, -0.25) is 14.4 Å². The van der Waals surface area contributed by atoms with Crippen LogP contribution in [0.5, 0.6) is 0 Å². The fourth-order valence-electron chi connectivity index (χ4n) is 1.54. The lowest BCUT2D eigenvalue weighted by molar-refractivity contribution is -0.248. The van der Waals surface area contributed by atoms with Gasteiger partial charge in [-0.2, -0.15) is 13.2 Å². The minimum Gasteiger partial charge on any atom is -0.468 e. The van der Waals surface area contributed by atoms with Gasteiger partial charge >= 0.3 is 18.1 Å². The number of halogens is 3. The van der Waals surface area contributed by atoms with Crippen LogP contribution in [-0.2, 0) is 23.9 Å². The summed E-state index contributed by atoms with van der Waals surface area (Å²) in [5.41, 5.74) is -3.64. The molecule has 5 nitrogen and oxygen atoms in total. The molecule has 0 aliphatic carbocycles. The third kappa shape index (κ3) is 2.32. The molecular weight excluding hydrogens is 257 g/mol. The van der Waals surface area contributed by atoms with Gasteiger partial charge in [-0.05, 0) is 6.92 Å². The maximum Gasteiger partial charge on any atom is 0.416 e. The van der Waals surface area contributed by atoms with E-state index in [1.807, 2.05) is 0 Å². The topological polar surface area (TPSA) is 69.7 Å². The third-order valence-electron chi connectivity index (χ3n) is 2.72. The van der Waals surface area contributed by atoms with Crippen molar-refractivity contribution in [2.45, 2.75) is 20.0 Å². The summed E-state index contributed by atoms with van der Waals surface area (Å²) in [6.45, 7) is 1.67. The molecule has 0 fully saturated rings. The van der Waals surface area contributed by atoms with Crippen molar-refractivity contribution in [1.29, 1.82) is 0 Å². The van der Waals surface area contributed by atoms with E-state index >= 15 is 0 Å². The summed E-state index contributed by atoms with van der Waals surface area (Å²) in [4.78, 5) is 34.0. The molecule has 0 amide bonds. The van der Waals surface area contributed by atoms with Gasteiger partial charge in [0, 0.05) is 0 Å². The smallest absolute Gasteiger partial charge is 0.416 e. The lowest BCUT2D eigenvalue weighted by atomic mass is 9.73. The zero-order chi connectivity index (χ0) is 14.7. The van der Waals surface area contributed by atoms with E-state index in [4.69, 9.17) is 0 Å². The first-order chi connectivity index (χ1) is 8.07. The summed E-state index contributed by atoms with van der Waals surface area (Å²) >= 11 is 0. The van der Waals surface area contributed by atoms with Crippen LogP contribution in [0, 0.1) is 11.3 Å². The summed E-state index contributed by atoms with van der Waals surface area (Å²) < 4.78 is 47.4. The van der Waals surface area contributed by atoms with Gasteiger partial charge in [-0.25, -0.2) is 0 Å². The number of esters is 2. The molecule has 0 spiro atoms. The highest BCUT2D eigenvalue weighted by Gasteiger charge is 2.71. The van der Waals surface area contributed by atoms with Gasteiger partial charge in [-0.1, -0.05) is 6.92 Å². The van der Waals surface area contributed by atoms with E-state index in [1.54, 1.807) is 0 Å².